The summed E-state index contributed by atoms with van der Waals surface area (Å²) < 4.78 is 6.00. The highest BCUT2D eigenvalue weighted by Gasteiger charge is 2.19. The summed E-state index contributed by atoms with van der Waals surface area (Å²) in [6.07, 6.45) is 1.84. The maximum Gasteiger partial charge on any atom is 0.134 e. The van der Waals surface area contributed by atoms with Crippen molar-refractivity contribution < 1.29 is 4.42 Å². The van der Waals surface area contributed by atoms with E-state index in [4.69, 9.17) is 4.42 Å². The maximum atomic E-state index is 6.00. The predicted octanol–water partition coefficient (Wildman–Crippen LogP) is 4.61. The zero-order chi connectivity index (χ0) is 14.1. The van der Waals surface area contributed by atoms with Crippen molar-refractivity contribution in [3.05, 3.63) is 52.2 Å². The normalized spacial score (nSPS) is 14.6. The van der Waals surface area contributed by atoms with Gasteiger partial charge in [-0.2, -0.15) is 0 Å². The molecule has 104 valence electrons. The molecule has 0 aliphatic carbocycles. The summed E-state index contributed by atoms with van der Waals surface area (Å²) in [5, 5.41) is 7.85. The fourth-order valence-electron chi connectivity index (χ4n) is 2.58. The molecular weight excluding hydrogens is 268 g/mol. The SMILES string of the molecule is Cc1c(C(C)NC(C)c2nccs2)oc2ccccc12. The number of hydrogen-bond acceptors (Lipinski definition) is 4. The average molecular weight is 286 g/mol. The van der Waals surface area contributed by atoms with E-state index in [-0.39, 0.29) is 12.1 Å². The standard InChI is InChI=1S/C16H18N2OS/c1-10-13-6-4-5-7-14(13)19-15(10)11(2)18-12(3)16-17-8-9-20-16/h4-9,11-12,18H,1-3H3. The number of benzene rings is 1. The van der Waals surface area contributed by atoms with Gasteiger partial charge in [-0.1, -0.05) is 18.2 Å². The van der Waals surface area contributed by atoms with Gasteiger partial charge in [0, 0.05) is 17.0 Å². The van der Waals surface area contributed by atoms with E-state index in [1.165, 1.54) is 10.9 Å². The van der Waals surface area contributed by atoms with Gasteiger partial charge in [0.2, 0.25) is 0 Å². The Bertz CT molecular complexity index is 702. The fourth-order valence-corrected chi connectivity index (χ4v) is 3.23. The van der Waals surface area contributed by atoms with Gasteiger partial charge < -0.3 is 4.42 Å². The first-order valence-corrected chi connectivity index (χ1v) is 7.68. The molecule has 0 aliphatic rings. The highest BCUT2D eigenvalue weighted by Crippen LogP contribution is 2.30. The molecule has 3 nitrogen and oxygen atoms in total. The zero-order valence-corrected chi connectivity index (χ0v) is 12.7. The quantitative estimate of drug-likeness (QED) is 0.761. The molecule has 0 saturated heterocycles. The van der Waals surface area contributed by atoms with Gasteiger partial charge in [-0.15, -0.1) is 11.3 Å². The third-order valence-electron chi connectivity index (χ3n) is 3.60. The Morgan fingerprint density at radius 1 is 1.20 bits per heavy atom. The Kier molecular flexibility index (Phi) is 3.59. The number of hydrogen-bond donors (Lipinski definition) is 1. The summed E-state index contributed by atoms with van der Waals surface area (Å²) in [4.78, 5) is 4.35. The van der Waals surface area contributed by atoms with E-state index in [0.29, 0.717) is 0 Å². The molecule has 1 aromatic carbocycles. The van der Waals surface area contributed by atoms with E-state index >= 15 is 0 Å². The molecule has 0 bridgehead atoms. The molecule has 0 aliphatic heterocycles. The van der Waals surface area contributed by atoms with E-state index in [9.17, 15) is 0 Å². The van der Waals surface area contributed by atoms with Crippen LogP contribution in [0, 0.1) is 6.92 Å². The topological polar surface area (TPSA) is 38.1 Å². The Balaban J connectivity index is 1.85. The molecule has 3 aromatic rings. The Hall–Kier alpha value is -1.65. The van der Waals surface area contributed by atoms with E-state index in [2.05, 4.69) is 37.1 Å². The van der Waals surface area contributed by atoms with Gasteiger partial charge in [0.25, 0.3) is 0 Å². The van der Waals surface area contributed by atoms with Crippen LogP contribution in [-0.2, 0) is 0 Å². The lowest BCUT2D eigenvalue weighted by Gasteiger charge is -2.17. The zero-order valence-electron chi connectivity index (χ0n) is 11.9. The molecule has 3 rings (SSSR count). The first-order chi connectivity index (χ1) is 9.66. The number of fused-ring (bicyclic) bond motifs is 1. The van der Waals surface area contributed by atoms with Crippen molar-refractivity contribution in [2.24, 2.45) is 0 Å². The predicted molar refractivity (Wildman–Crippen MR) is 83.0 cm³/mol. The minimum atomic E-state index is 0.154. The summed E-state index contributed by atoms with van der Waals surface area (Å²) in [7, 11) is 0. The number of furan rings is 1. The maximum absolute atomic E-state index is 6.00. The number of thiazole rings is 1. The van der Waals surface area contributed by atoms with E-state index in [0.717, 1.165) is 16.4 Å². The largest absolute Gasteiger partial charge is 0.459 e. The molecule has 0 saturated carbocycles. The third-order valence-corrected chi connectivity index (χ3v) is 4.55. The highest BCUT2D eigenvalue weighted by molar-refractivity contribution is 7.09. The lowest BCUT2D eigenvalue weighted by Crippen LogP contribution is -2.22. The van der Waals surface area contributed by atoms with Gasteiger partial charge in [-0.05, 0) is 32.4 Å². The molecule has 2 atom stereocenters. The van der Waals surface area contributed by atoms with Crippen LogP contribution in [0.4, 0.5) is 0 Å². The highest BCUT2D eigenvalue weighted by atomic mass is 32.1. The van der Waals surface area contributed by atoms with Crippen LogP contribution in [-0.4, -0.2) is 4.98 Å². The summed E-state index contributed by atoms with van der Waals surface area (Å²) in [5.74, 6) is 1.01. The monoisotopic (exact) mass is 286 g/mol. The minimum Gasteiger partial charge on any atom is -0.459 e. The number of nitrogens with one attached hydrogen (secondary N) is 1. The second-order valence-electron chi connectivity index (χ2n) is 5.07. The van der Waals surface area contributed by atoms with Crippen molar-refractivity contribution in [2.45, 2.75) is 32.9 Å². The van der Waals surface area contributed by atoms with Crippen molar-refractivity contribution in [1.29, 1.82) is 0 Å². The lowest BCUT2D eigenvalue weighted by atomic mass is 10.1. The van der Waals surface area contributed by atoms with E-state index < -0.39 is 0 Å². The molecule has 2 unspecified atom stereocenters. The van der Waals surface area contributed by atoms with Crippen molar-refractivity contribution in [1.82, 2.24) is 10.3 Å². The first-order valence-electron chi connectivity index (χ1n) is 6.80. The van der Waals surface area contributed by atoms with Gasteiger partial charge in [0.15, 0.2) is 0 Å². The van der Waals surface area contributed by atoms with Crippen LogP contribution in [0.2, 0.25) is 0 Å². The summed E-state index contributed by atoms with van der Waals surface area (Å²) >= 11 is 1.67. The summed E-state index contributed by atoms with van der Waals surface area (Å²) in [6.45, 7) is 6.38. The van der Waals surface area contributed by atoms with Gasteiger partial charge in [-0.3, -0.25) is 5.32 Å². The molecule has 20 heavy (non-hydrogen) atoms. The summed E-state index contributed by atoms with van der Waals surface area (Å²) in [5.41, 5.74) is 2.17. The van der Waals surface area contributed by atoms with Gasteiger partial charge >= 0.3 is 0 Å². The lowest BCUT2D eigenvalue weighted by molar-refractivity contribution is 0.414. The van der Waals surface area contributed by atoms with E-state index in [1.807, 2.05) is 29.8 Å². The Morgan fingerprint density at radius 2 is 2.00 bits per heavy atom. The third kappa shape index (κ3) is 2.37. The first kappa shape index (κ1) is 13.3. The van der Waals surface area contributed by atoms with Crippen molar-refractivity contribution in [3.8, 4) is 0 Å². The molecule has 2 aromatic heterocycles. The average Bonchev–Trinajstić information content (AvgIpc) is 3.07. The van der Waals surface area contributed by atoms with Crippen molar-refractivity contribution >= 4 is 22.3 Å². The van der Waals surface area contributed by atoms with Crippen LogP contribution in [0.25, 0.3) is 11.0 Å². The molecule has 4 heteroatoms. The number of aromatic nitrogens is 1. The molecule has 2 heterocycles. The fraction of sp³-hybridized carbons (Fsp3) is 0.312. The smallest absolute Gasteiger partial charge is 0.134 e. The van der Waals surface area contributed by atoms with Crippen LogP contribution in [0.1, 0.15) is 42.3 Å². The number of rotatable bonds is 4. The number of para-hydroxylation sites is 1. The molecule has 0 fully saturated rings. The molecular formula is C16H18N2OS. The minimum absolute atomic E-state index is 0.154. The Labute approximate surface area is 122 Å². The van der Waals surface area contributed by atoms with Crippen LogP contribution >= 0.6 is 11.3 Å². The second-order valence-corrected chi connectivity index (χ2v) is 5.99. The van der Waals surface area contributed by atoms with Gasteiger partial charge in [0.05, 0.1) is 12.1 Å². The van der Waals surface area contributed by atoms with Crippen molar-refractivity contribution in [3.63, 3.8) is 0 Å². The van der Waals surface area contributed by atoms with Gasteiger partial charge in [-0.25, -0.2) is 4.98 Å². The van der Waals surface area contributed by atoms with Crippen LogP contribution in [0.5, 0.6) is 0 Å². The molecule has 0 radical (unpaired) electrons. The van der Waals surface area contributed by atoms with Crippen LogP contribution in [0.3, 0.4) is 0 Å². The van der Waals surface area contributed by atoms with Crippen molar-refractivity contribution in [2.75, 3.05) is 0 Å². The van der Waals surface area contributed by atoms with E-state index in [1.54, 1.807) is 11.3 Å². The molecule has 0 spiro atoms. The van der Waals surface area contributed by atoms with Crippen LogP contribution < -0.4 is 5.32 Å². The Morgan fingerprint density at radius 3 is 2.70 bits per heavy atom. The molecule has 0 amide bonds. The number of nitrogens with zero attached hydrogens (tertiary/aromatic N) is 1. The summed E-state index contributed by atoms with van der Waals surface area (Å²) in [6, 6.07) is 8.55. The number of aryl methyl sites for hydroxylation is 1. The van der Waals surface area contributed by atoms with Crippen LogP contribution in [0.15, 0.2) is 40.3 Å². The molecule has 1 N–H and O–H groups in total. The second kappa shape index (κ2) is 5.38. The van der Waals surface area contributed by atoms with Gasteiger partial charge in [0.1, 0.15) is 16.4 Å².